The lowest BCUT2D eigenvalue weighted by atomic mass is 10.2. The Bertz CT molecular complexity index is 462. The molecule has 0 saturated carbocycles. The van der Waals surface area contributed by atoms with Crippen molar-refractivity contribution in [2.75, 3.05) is 13.7 Å². The fourth-order valence-electron chi connectivity index (χ4n) is 1.82. The summed E-state index contributed by atoms with van der Waals surface area (Å²) in [6.07, 6.45) is 0. The summed E-state index contributed by atoms with van der Waals surface area (Å²) in [6.45, 7) is 5.68. The van der Waals surface area contributed by atoms with Crippen LogP contribution >= 0.6 is 11.8 Å². The SMILES string of the molecule is COC(=O)CN(C(=O)C(C)SCc1ccccc1)C(C)C. The molecule has 1 aromatic rings. The molecule has 116 valence electrons. The number of ether oxygens (including phenoxy) is 1. The summed E-state index contributed by atoms with van der Waals surface area (Å²) >= 11 is 1.57. The van der Waals surface area contributed by atoms with E-state index in [0.717, 1.165) is 5.75 Å². The highest BCUT2D eigenvalue weighted by Gasteiger charge is 2.25. The molecule has 1 unspecified atom stereocenters. The molecule has 0 aliphatic carbocycles. The van der Waals surface area contributed by atoms with Crippen LogP contribution in [-0.2, 0) is 20.1 Å². The number of hydrogen-bond donors (Lipinski definition) is 0. The third kappa shape index (κ3) is 5.79. The first-order valence-electron chi connectivity index (χ1n) is 6.98. The van der Waals surface area contributed by atoms with Gasteiger partial charge in [0.2, 0.25) is 5.91 Å². The summed E-state index contributed by atoms with van der Waals surface area (Å²) in [6, 6.07) is 9.99. The highest BCUT2D eigenvalue weighted by atomic mass is 32.2. The molecule has 0 heterocycles. The van der Waals surface area contributed by atoms with Crippen molar-refractivity contribution in [3.8, 4) is 0 Å². The van der Waals surface area contributed by atoms with Crippen molar-refractivity contribution in [2.45, 2.75) is 37.8 Å². The van der Waals surface area contributed by atoms with Gasteiger partial charge in [-0.25, -0.2) is 0 Å². The van der Waals surface area contributed by atoms with Crippen molar-refractivity contribution in [3.05, 3.63) is 35.9 Å². The molecule has 1 atom stereocenters. The maximum absolute atomic E-state index is 12.5. The van der Waals surface area contributed by atoms with E-state index in [4.69, 9.17) is 0 Å². The van der Waals surface area contributed by atoms with Crippen LogP contribution < -0.4 is 0 Å². The van der Waals surface area contributed by atoms with Crippen molar-refractivity contribution >= 4 is 23.6 Å². The van der Waals surface area contributed by atoms with E-state index in [1.165, 1.54) is 12.7 Å². The molecule has 0 spiro atoms. The molecule has 5 heteroatoms. The first kappa shape index (κ1) is 17.6. The van der Waals surface area contributed by atoms with E-state index in [-0.39, 0.29) is 23.7 Å². The lowest BCUT2D eigenvalue weighted by molar-refractivity contribution is -0.147. The lowest BCUT2D eigenvalue weighted by Gasteiger charge is -2.28. The van der Waals surface area contributed by atoms with Crippen LogP contribution in [0.25, 0.3) is 0 Å². The van der Waals surface area contributed by atoms with E-state index in [2.05, 4.69) is 4.74 Å². The van der Waals surface area contributed by atoms with Crippen molar-refractivity contribution in [1.29, 1.82) is 0 Å². The minimum absolute atomic E-state index is 0.00321. The highest BCUT2D eigenvalue weighted by Crippen LogP contribution is 2.20. The fraction of sp³-hybridized carbons (Fsp3) is 0.500. The largest absolute Gasteiger partial charge is 0.468 e. The third-order valence-corrected chi connectivity index (χ3v) is 4.33. The Balaban J connectivity index is 2.59. The van der Waals surface area contributed by atoms with Gasteiger partial charge in [-0.05, 0) is 26.3 Å². The molecule has 0 aliphatic rings. The molecule has 0 aromatic heterocycles. The Labute approximate surface area is 130 Å². The Morgan fingerprint density at radius 1 is 1.19 bits per heavy atom. The maximum atomic E-state index is 12.5. The third-order valence-electron chi connectivity index (χ3n) is 3.12. The summed E-state index contributed by atoms with van der Waals surface area (Å²) in [7, 11) is 1.33. The van der Waals surface area contributed by atoms with Crippen LogP contribution in [0, 0.1) is 0 Å². The molecule has 0 N–H and O–H groups in total. The van der Waals surface area contributed by atoms with Gasteiger partial charge in [-0.3, -0.25) is 9.59 Å². The normalized spacial score (nSPS) is 12.0. The van der Waals surface area contributed by atoms with Crippen LogP contribution in [0.4, 0.5) is 0 Å². The molecule has 1 amide bonds. The summed E-state index contributed by atoms with van der Waals surface area (Å²) in [5, 5.41) is -0.197. The zero-order chi connectivity index (χ0) is 15.8. The lowest BCUT2D eigenvalue weighted by Crippen LogP contribution is -2.44. The maximum Gasteiger partial charge on any atom is 0.325 e. The van der Waals surface area contributed by atoms with Crippen LogP contribution in [0.2, 0.25) is 0 Å². The average molecular weight is 309 g/mol. The van der Waals surface area contributed by atoms with E-state index >= 15 is 0 Å². The Hall–Kier alpha value is -1.49. The fourth-order valence-corrected chi connectivity index (χ4v) is 2.73. The Morgan fingerprint density at radius 3 is 2.33 bits per heavy atom. The van der Waals surface area contributed by atoms with Crippen LogP contribution in [0.3, 0.4) is 0 Å². The number of benzene rings is 1. The van der Waals surface area contributed by atoms with Crippen LogP contribution in [0.5, 0.6) is 0 Å². The van der Waals surface area contributed by atoms with Gasteiger partial charge in [-0.1, -0.05) is 30.3 Å². The average Bonchev–Trinajstić information content (AvgIpc) is 2.49. The van der Waals surface area contributed by atoms with E-state index in [0.29, 0.717) is 0 Å². The van der Waals surface area contributed by atoms with Gasteiger partial charge in [0.05, 0.1) is 12.4 Å². The molecular formula is C16H23NO3S. The van der Waals surface area contributed by atoms with E-state index in [1.54, 1.807) is 16.7 Å². The van der Waals surface area contributed by atoms with Gasteiger partial charge in [-0.15, -0.1) is 11.8 Å². The second-order valence-electron chi connectivity index (χ2n) is 5.07. The number of rotatable bonds is 7. The summed E-state index contributed by atoms with van der Waals surface area (Å²) in [4.78, 5) is 25.4. The van der Waals surface area contributed by atoms with Crippen molar-refractivity contribution < 1.29 is 14.3 Å². The van der Waals surface area contributed by atoms with E-state index in [9.17, 15) is 9.59 Å². The van der Waals surface area contributed by atoms with Gasteiger partial charge < -0.3 is 9.64 Å². The monoisotopic (exact) mass is 309 g/mol. The predicted molar refractivity (Wildman–Crippen MR) is 86.1 cm³/mol. The van der Waals surface area contributed by atoms with E-state index < -0.39 is 5.97 Å². The number of carbonyl (C=O) groups excluding carboxylic acids is 2. The summed E-state index contributed by atoms with van der Waals surface area (Å²) in [5.41, 5.74) is 1.19. The number of thioether (sulfide) groups is 1. The molecule has 0 fully saturated rings. The minimum atomic E-state index is -0.391. The predicted octanol–water partition coefficient (Wildman–Crippen LogP) is 2.72. The molecular weight excluding hydrogens is 286 g/mol. The molecule has 1 aromatic carbocycles. The van der Waals surface area contributed by atoms with Crippen LogP contribution in [0.15, 0.2) is 30.3 Å². The zero-order valence-corrected chi connectivity index (χ0v) is 13.9. The van der Waals surface area contributed by atoms with Gasteiger partial charge in [0.15, 0.2) is 0 Å². The number of esters is 1. The highest BCUT2D eigenvalue weighted by molar-refractivity contribution is 7.99. The summed E-state index contributed by atoms with van der Waals surface area (Å²) < 4.78 is 4.65. The van der Waals surface area contributed by atoms with Gasteiger partial charge in [0.25, 0.3) is 0 Å². The topological polar surface area (TPSA) is 46.6 Å². The molecule has 21 heavy (non-hydrogen) atoms. The number of hydrogen-bond acceptors (Lipinski definition) is 4. The van der Waals surface area contributed by atoms with Gasteiger partial charge in [-0.2, -0.15) is 0 Å². The number of amides is 1. The van der Waals surface area contributed by atoms with Crippen molar-refractivity contribution in [3.63, 3.8) is 0 Å². The smallest absolute Gasteiger partial charge is 0.325 e. The quantitative estimate of drug-likeness (QED) is 0.727. The summed E-state index contributed by atoms with van der Waals surface area (Å²) in [5.74, 6) is 0.353. The van der Waals surface area contributed by atoms with E-state index in [1.807, 2.05) is 51.1 Å². The zero-order valence-electron chi connectivity index (χ0n) is 13.0. The van der Waals surface area contributed by atoms with Gasteiger partial charge in [0, 0.05) is 11.8 Å². The first-order chi connectivity index (χ1) is 9.95. The Morgan fingerprint density at radius 2 is 1.81 bits per heavy atom. The van der Waals surface area contributed by atoms with Gasteiger partial charge in [0.1, 0.15) is 6.54 Å². The van der Waals surface area contributed by atoms with Crippen LogP contribution in [0.1, 0.15) is 26.3 Å². The second-order valence-corrected chi connectivity index (χ2v) is 6.40. The van der Waals surface area contributed by atoms with Crippen molar-refractivity contribution in [1.82, 2.24) is 4.90 Å². The number of nitrogens with zero attached hydrogens (tertiary/aromatic N) is 1. The van der Waals surface area contributed by atoms with Gasteiger partial charge >= 0.3 is 5.97 Å². The standard InChI is InChI=1S/C16H23NO3S/c1-12(2)17(10-15(18)20-4)16(19)13(3)21-11-14-8-6-5-7-9-14/h5-9,12-13H,10-11H2,1-4H3. The minimum Gasteiger partial charge on any atom is -0.468 e. The molecule has 0 aliphatic heterocycles. The van der Waals surface area contributed by atoms with Crippen molar-refractivity contribution in [2.24, 2.45) is 0 Å². The molecule has 1 rings (SSSR count). The molecule has 0 saturated heterocycles. The van der Waals surface area contributed by atoms with Crippen LogP contribution in [-0.4, -0.2) is 41.7 Å². The Kier molecular flexibility index (Phi) is 7.29. The molecule has 0 radical (unpaired) electrons. The molecule has 4 nitrogen and oxygen atoms in total. The second kappa shape index (κ2) is 8.72. The molecule has 0 bridgehead atoms. The first-order valence-corrected chi connectivity index (χ1v) is 8.03. The number of methoxy groups -OCH3 is 1. The number of carbonyl (C=O) groups is 2.